The monoisotopic (exact) mass is 400 g/mol. The molecule has 1 amide bonds. The number of fused-ring (bicyclic) bond motifs is 1. The molecule has 0 fully saturated rings. The Morgan fingerprint density at radius 3 is 2.72 bits per heavy atom. The van der Waals surface area contributed by atoms with Crippen molar-refractivity contribution >= 4 is 28.3 Å². The predicted octanol–water partition coefficient (Wildman–Crippen LogP) is 3.18. The van der Waals surface area contributed by atoms with Crippen molar-refractivity contribution in [2.24, 2.45) is 5.73 Å². The van der Waals surface area contributed by atoms with Gasteiger partial charge in [0, 0.05) is 17.0 Å². The number of primary amides is 1. The third-order valence-corrected chi connectivity index (χ3v) is 4.51. The van der Waals surface area contributed by atoms with Crippen LogP contribution in [0.1, 0.15) is 18.9 Å². The van der Waals surface area contributed by atoms with Gasteiger partial charge in [0.1, 0.15) is 23.7 Å². The number of hydrogen-bond acceptors (Lipinski definition) is 7. The normalized spacial score (nSPS) is 11.9. The second-order valence-electron chi connectivity index (χ2n) is 6.35. The number of amides is 1. The molecular weight excluding hydrogens is 379 g/mol. The first-order valence-corrected chi connectivity index (χ1v) is 8.89. The van der Waals surface area contributed by atoms with Gasteiger partial charge in [-0.15, -0.1) is 0 Å². The number of nitrogens with one attached hydrogen (secondary N) is 1. The molecule has 0 bridgehead atoms. The van der Waals surface area contributed by atoms with Crippen molar-refractivity contribution in [1.29, 1.82) is 0 Å². The zero-order valence-corrected chi connectivity index (χ0v) is 16.2. The van der Waals surface area contributed by atoms with Crippen molar-refractivity contribution in [2.75, 3.05) is 12.4 Å². The molecule has 9 heteroatoms. The summed E-state index contributed by atoms with van der Waals surface area (Å²) in [6, 6.07) is 5.66. The highest BCUT2D eigenvalue weighted by atomic mass is 19.1. The average molecular weight is 400 g/mol. The van der Waals surface area contributed by atoms with Crippen molar-refractivity contribution in [3.8, 4) is 17.2 Å². The number of aromatic hydroxyl groups is 1. The van der Waals surface area contributed by atoms with Gasteiger partial charge in [0.15, 0.2) is 17.6 Å². The van der Waals surface area contributed by atoms with Crippen LogP contribution in [0.3, 0.4) is 0 Å². The van der Waals surface area contributed by atoms with Gasteiger partial charge in [-0.2, -0.15) is 0 Å². The van der Waals surface area contributed by atoms with Crippen LogP contribution in [-0.4, -0.2) is 34.2 Å². The quantitative estimate of drug-likeness (QED) is 0.557. The fourth-order valence-corrected chi connectivity index (χ4v) is 2.85. The van der Waals surface area contributed by atoms with Crippen LogP contribution in [0.2, 0.25) is 0 Å². The zero-order valence-electron chi connectivity index (χ0n) is 16.2. The largest absolute Gasteiger partial charge is 0.508 e. The summed E-state index contributed by atoms with van der Waals surface area (Å²) in [4.78, 5) is 19.9. The first-order valence-electron chi connectivity index (χ1n) is 8.89. The van der Waals surface area contributed by atoms with Gasteiger partial charge in [-0.3, -0.25) is 4.79 Å². The molecule has 152 valence electrons. The minimum atomic E-state index is -0.815. The van der Waals surface area contributed by atoms with E-state index in [1.807, 2.05) is 0 Å². The second-order valence-corrected chi connectivity index (χ2v) is 6.35. The summed E-state index contributed by atoms with van der Waals surface area (Å²) < 4.78 is 25.3. The molecule has 0 radical (unpaired) electrons. The minimum Gasteiger partial charge on any atom is -0.508 e. The molecule has 3 aromatic rings. The van der Waals surface area contributed by atoms with Gasteiger partial charge in [-0.1, -0.05) is 6.92 Å². The van der Waals surface area contributed by atoms with Crippen molar-refractivity contribution in [3.05, 3.63) is 42.0 Å². The Hall–Kier alpha value is -3.62. The van der Waals surface area contributed by atoms with Crippen molar-refractivity contribution in [1.82, 2.24) is 9.97 Å². The van der Waals surface area contributed by atoms with E-state index in [0.717, 1.165) is 6.07 Å². The van der Waals surface area contributed by atoms with Gasteiger partial charge in [0.25, 0.3) is 5.91 Å². The summed E-state index contributed by atoms with van der Waals surface area (Å²) in [5.74, 6) is -0.217. The number of rotatable bonds is 7. The molecule has 0 aliphatic rings. The number of hydrogen-bond donors (Lipinski definition) is 3. The standard InChI is InChI=1S/C20H21FN4O4/c1-4-15(19(22)27)29-17-8-13-11(7-16(17)28-3)20(24-9-23-13)25-18-10(2)14(26)6-5-12(18)21/h5-9,15,26H,4H2,1-3H3,(H2,22,27)(H,23,24,25). The number of nitrogens with two attached hydrogens (primary N) is 1. The Morgan fingerprint density at radius 2 is 2.07 bits per heavy atom. The highest BCUT2D eigenvalue weighted by Crippen LogP contribution is 2.37. The highest BCUT2D eigenvalue weighted by Gasteiger charge is 2.19. The topological polar surface area (TPSA) is 120 Å². The zero-order chi connectivity index (χ0) is 21.1. The van der Waals surface area contributed by atoms with E-state index in [1.165, 1.54) is 19.5 Å². The van der Waals surface area contributed by atoms with E-state index < -0.39 is 17.8 Å². The van der Waals surface area contributed by atoms with Crippen molar-refractivity contribution in [2.45, 2.75) is 26.4 Å². The number of phenols is 1. The maximum Gasteiger partial charge on any atom is 0.258 e. The highest BCUT2D eigenvalue weighted by molar-refractivity contribution is 5.93. The molecule has 1 unspecified atom stereocenters. The lowest BCUT2D eigenvalue weighted by Gasteiger charge is -2.18. The van der Waals surface area contributed by atoms with Crippen LogP contribution in [0.4, 0.5) is 15.9 Å². The van der Waals surface area contributed by atoms with Gasteiger partial charge in [0.05, 0.1) is 18.3 Å². The first-order chi connectivity index (χ1) is 13.8. The number of carbonyl (C=O) groups excluding carboxylic acids is 1. The summed E-state index contributed by atoms with van der Waals surface area (Å²) in [5, 5.41) is 13.3. The fraction of sp³-hybridized carbons (Fsp3) is 0.250. The lowest BCUT2D eigenvalue weighted by atomic mass is 10.1. The third-order valence-electron chi connectivity index (χ3n) is 4.51. The Balaban J connectivity index is 2.08. The minimum absolute atomic E-state index is 0.0439. The second kappa shape index (κ2) is 8.17. The Morgan fingerprint density at radius 1 is 1.31 bits per heavy atom. The number of methoxy groups -OCH3 is 1. The Kier molecular flexibility index (Phi) is 5.67. The molecule has 0 saturated carbocycles. The predicted molar refractivity (Wildman–Crippen MR) is 106 cm³/mol. The summed E-state index contributed by atoms with van der Waals surface area (Å²) in [6.45, 7) is 3.37. The van der Waals surface area contributed by atoms with Crippen molar-refractivity contribution < 1.29 is 23.8 Å². The molecule has 1 aromatic heterocycles. The molecule has 8 nitrogen and oxygen atoms in total. The molecule has 0 aliphatic carbocycles. The average Bonchev–Trinajstić information content (AvgIpc) is 2.71. The fourth-order valence-electron chi connectivity index (χ4n) is 2.85. The van der Waals surface area contributed by atoms with Gasteiger partial charge < -0.3 is 25.6 Å². The molecule has 1 heterocycles. The van der Waals surface area contributed by atoms with Crippen LogP contribution in [0.15, 0.2) is 30.6 Å². The Labute approximate surface area is 166 Å². The maximum atomic E-state index is 14.3. The molecule has 2 aromatic carbocycles. The van der Waals surface area contributed by atoms with Crippen LogP contribution < -0.4 is 20.5 Å². The number of halogens is 1. The van der Waals surface area contributed by atoms with E-state index in [1.54, 1.807) is 26.0 Å². The molecular formula is C20H21FN4O4. The van der Waals surface area contributed by atoms with Crippen LogP contribution >= 0.6 is 0 Å². The number of carbonyl (C=O) groups is 1. The number of ether oxygens (including phenoxy) is 2. The maximum absolute atomic E-state index is 14.3. The van der Waals surface area contributed by atoms with Crippen LogP contribution in [0.5, 0.6) is 17.2 Å². The number of benzene rings is 2. The molecule has 0 aliphatic heterocycles. The van der Waals surface area contributed by atoms with E-state index in [4.69, 9.17) is 15.2 Å². The summed E-state index contributed by atoms with van der Waals surface area (Å²) >= 11 is 0. The van der Waals surface area contributed by atoms with Crippen molar-refractivity contribution in [3.63, 3.8) is 0 Å². The van der Waals surface area contributed by atoms with Gasteiger partial charge in [0.2, 0.25) is 0 Å². The van der Waals surface area contributed by atoms with E-state index in [2.05, 4.69) is 15.3 Å². The van der Waals surface area contributed by atoms with E-state index in [9.17, 15) is 14.3 Å². The molecule has 0 spiro atoms. The smallest absolute Gasteiger partial charge is 0.258 e. The summed E-state index contributed by atoms with van der Waals surface area (Å²) in [6.07, 6.45) is 0.885. The SMILES string of the molecule is CCC(Oc1cc2ncnc(Nc3c(F)ccc(O)c3C)c2cc1OC)C(N)=O. The molecule has 0 saturated heterocycles. The number of aromatic nitrogens is 2. The molecule has 1 atom stereocenters. The van der Waals surface area contributed by atoms with Crippen LogP contribution in [-0.2, 0) is 4.79 Å². The third kappa shape index (κ3) is 3.98. The van der Waals surface area contributed by atoms with Crippen LogP contribution in [0, 0.1) is 12.7 Å². The van der Waals surface area contributed by atoms with Gasteiger partial charge in [-0.25, -0.2) is 14.4 Å². The van der Waals surface area contributed by atoms with E-state index >= 15 is 0 Å². The van der Waals surface area contributed by atoms with Gasteiger partial charge >= 0.3 is 0 Å². The van der Waals surface area contributed by atoms with Gasteiger partial charge in [-0.05, 0) is 31.5 Å². The number of anilines is 2. The first kappa shape index (κ1) is 20.1. The lowest BCUT2D eigenvalue weighted by molar-refractivity contribution is -0.124. The Bertz CT molecular complexity index is 1070. The number of nitrogens with zero attached hydrogens (tertiary/aromatic N) is 2. The summed E-state index contributed by atoms with van der Waals surface area (Å²) in [7, 11) is 1.45. The molecule has 3 rings (SSSR count). The summed E-state index contributed by atoms with van der Waals surface area (Å²) in [5.41, 5.74) is 6.28. The molecule has 29 heavy (non-hydrogen) atoms. The van der Waals surface area contributed by atoms with Crippen LogP contribution in [0.25, 0.3) is 10.9 Å². The van der Waals surface area contributed by atoms with E-state index in [0.29, 0.717) is 40.2 Å². The number of phenolic OH excluding ortho intramolecular Hbond substituents is 1. The van der Waals surface area contributed by atoms with E-state index in [-0.39, 0.29) is 11.4 Å². The lowest BCUT2D eigenvalue weighted by Crippen LogP contribution is -2.33. The molecule has 4 N–H and O–H groups in total.